The summed E-state index contributed by atoms with van der Waals surface area (Å²) in [5.74, 6) is 0.991. The fourth-order valence-electron chi connectivity index (χ4n) is 1.42. The van der Waals surface area contributed by atoms with E-state index in [1.54, 1.807) is 18.4 Å². The van der Waals surface area contributed by atoms with Crippen LogP contribution in [0.2, 0.25) is 0 Å². The summed E-state index contributed by atoms with van der Waals surface area (Å²) < 4.78 is 5.20. The molecule has 0 aromatic carbocycles. The molecule has 0 aliphatic heterocycles. The van der Waals surface area contributed by atoms with Gasteiger partial charge >= 0.3 is 0 Å². The molecule has 0 spiro atoms. The lowest BCUT2D eigenvalue weighted by Crippen LogP contribution is -2.24. The van der Waals surface area contributed by atoms with E-state index in [9.17, 15) is 0 Å². The third kappa shape index (κ3) is 4.95. The van der Waals surface area contributed by atoms with Crippen molar-refractivity contribution in [2.45, 2.75) is 45.2 Å². The first-order valence-corrected chi connectivity index (χ1v) is 8.11. The number of nitrogens with one attached hydrogen (secondary N) is 1. The summed E-state index contributed by atoms with van der Waals surface area (Å²) in [6.45, 7) is 5.92. The average molecular weight is 274 g/mol. The second-order valence-electron chi connectivity index (χ2n) is 4.03. The number of thioether (sulfide) groups is 1. The SMILES string of the molecule is CCC(C)NCc1sc(CSC)nc1COC. The fraction of sp³-hybridized carbons (Fsp3) is 0.750. The predicted octanol–water partition coefficient (Wildman–Crippen LogP) is 3.04. The van der Waals surface area contributed by atoms with Crippen molar-refractivity contribution in [1.82, 2.24) is 10.3 Å². The normalized spacial score (nSPS) is 12.9. The Morgan fingerprint density at radius 1 is 1.53 bits per heavy atom. The van der Waals surface area contributed by atoms with Crippen LogP contribution in [-0.4, -0.2) is 24.4 Å². The third-order valence-corrected chi connectivity index (χ3v) is 4.44. The zero-order valence-corrected chi connectivity index (χ0v) is 12.7. The summed E-state index contributed by atoms with van der Waals surface area (Å²) in [5, 5.41) is 4.71. The predicted molar refractivity (Wildman–Crippen MR) is 76.6 cm³/mol. The topological polar surface area (TPSA) is 34.2 Å². The quantitative estimate of drug-likeness (QED) is 0.790. The molecule has 0 aliphatic rings. The first-order chi connectivity index (χ1) is 8.21. The van der Waals surface area contributed by atoms with Crippen LogP contribution >= 0.6 is 23.1 Å². The largest absolute Gasteiger partial charge is 0.378 e. The molecule has 0 bridgehead atoms. The molecule has 1 heterocycles. The molecule has 0 saturated heterocycles. The van der Waals surface area contributed by atoms with E-state index < -0.39 is 0 Å². The second kappa shape index (κ2) is 8.08. The molecule has 17 heavy (non-hydrogen) atoms. The van der Waals surface area contributed by atoms with Crippen LogP contribution in [0.25, 0.3) is 0 Å². The van der Waals surface area contributed by atoms with Gasteiger partial charge in [0.05, 0.1) is 12.3 Å². The maximum Gasteiger partial charge on any atom is 0.103 e. The Morgan fingerprint density at radius 3 is 2.88 bits per heavy atom. The van der Waals surface area contributed by atoms with Gasteiger partial charge in [0, 0.05) is 30.3 Å². The van der Waals surface area contributed by atoms with Crippen LogP contribution in [0.3, 0.4) is 0 Å². The zero-order chi connectivity index (χ0) is 12.7. The molecule has 1 N–H and O–H groups in total. The van der Waals surface area contributed by atoms with Gasteiger partial charge in [0.25, 0.3) is 0 Å². The molecule has 1 rings (SSSR count). The molecule has 0 fully saturated rings. The lowest BCUT2D eigenvalue weighted by molar-refractivity contribution is 0.181. The number of thiazole rings is 1. The molecular formula is C12H22N2OS2. The smallest absolute Gasteiger partial charge is 0.103 e. The van der Waals surface area contributed by atoms with Gasteiger partial charge in [0.1, 0.15) is 5.01 Å². The molecule has 0 amide bonds. The molecule has 3 nitrogen and oxygen atoms in total. The van der Waals surface area contributed by atoms with Crippen molar-refractivity contribution in [2.24, 2.45) is 0 Å². The van der Waals surface area contributed by atoms with E-state index in [-0.39, 0.29) is 0 Å². The van der Waals surface area contributed by atoms with Gasteiger partial charge < -0.3 is 10.1 Å². The summed E-state index contributed by atoms with van der Waals surface area (Å²) in [4.78, 5) is 5.94. The van der Waals surface area contributed by atoms with E-state index in [1.807, 2.05) is 11.8 Å². The molecule has 0 saturated carbocycles. The number of nitrogens with zero attached hydrogens (tertiary/aromatic N) is 1. The number of rotatable bonds is 8. The van der Waals surface area contributed by atoms with Crippen LogP contribution in [0.4, 0.5) is 0 Å². The second-order valence-corrected chi connectivity index (χ2v) is 6.07. The highest BCUT2D eigenvalue weighted by Gasteiger charge is 2.11. The van der Waals surface area contributed by atoms with Gasteiger partial charge in [-0.05, 0) is 19.6 Å². The van der Waals surface area contributed by atoms with Crippen molar-refractivity contribution in [2.75, 3.05) is 13.4 Å². The van der Waals surface area contributed by atoms with Gasteiger partial charge in [0.2, 0.25) is 0 Å². The van der Waals surface area contributed by atoms with E-state index in [1.165, 1.54) is 9.88 Å². The van der Waals surface area contributed by atoms with Crippen molar-refractivity contribution in [3.8, 4) is 0 Å². The first kappa shape index (κ1) is 15.0. The standard InChI is InChI=1S/C12H22N2OS2/c1-5-9(2)13-6-11-10(7-15-3)14-12(17-11)8-16-4/h9,13H,5-8H2,1-4H3. The van der Waals surface area contributed by atoms with E-state index in [0.717, 1.165) is 24.4 Å². The van der Waals surface area contributed by atoms with E-state index in [2.05, 4.69) is 30.4 Å². The Labute approximate surface area is 112 Å². The molecule has 0 radical (unpaired) electrons. The summed E-state index contributed by atoms with van der Waals surface area (Å²) in [5.41, 5.74) is 1.09. The third-order valence-electron chi connectivity index (χ3n) is 2.59. The average Bonchev–Trinajstić information content (AvgIpc) is 2.69. The Hall–Kier alpha value is -0.100. The van der Waals surface area contributed by atoms with E-state index in [0.29, 0.717) is 12.6 Å². The van der Waals surface area contributed by atoms with Gasteiger partial charge in [-0.25, -0.2) is 4.98 Å². The van der Waals surface area contributed by atoms with Gasteiger partial charge in [-0.1, -0.05) is 6.92 Å². The van der Waals surface area contributed by atoms with Gasteiger partial charge in [0.15, 0.2) is 0 Å². The van der Waals surface area contributed by atoms with Gasteiger partial charge in [-0.2, -0.15) is 11.8 Å². The van der Waals surface area contributed by atoms with E-state index >= 15 is 0 Å². The zero-order valence-electron chi connectivity index (χ0n) is 11.1. The van der Waals surface area contributed by atoms with Crippen molar-refractivity contribution in [3.63, 3.8) is 0 Å². The number of ether oxygens (including phenoxy) is 1. The highest BCUT2D eigenvalue weighted by Crippen LogP contribution is 2.22. The van der Waals surface area contributed by atoms with Crippen LogP contribution in [-0.2, 0) is 23.6 Å². The van der Waals surface area contributed by atoms with E-state index in [4.69, 9.17) is 4.74 Å². The van der Waals surface area contributed by atoms with Crippen LogP contribution in [0.15, 0.2) is 0 Å². The summed E-state index contributed by atoms with van der Waals surface area (Å²) >= 11 is 3.61. The Kier molecular flexibility index (Phi) is 7.11. The minimum Gasteiger partial charge on any atom is -0.378 e. The number of hydrogen-bond acceptors (Lipinski definition) is 5. The minimum absolute atomic E-state index is 0.552. The van der Waals surface area contributed by atoms with Crippen molar-refractivity contribution >= 4 is 23.1 Å². The molecule has 1 atom stereocenters. The number of methoxy groups -OCH3 is 1. The molecule has 98 valence electrons. The van der Waals surface area contributed by atoms with Crippen LogP contribution in [0.5, 0.6) is 0 Å². The van der Waals surface area contributed by atoms with Crippen molar-refractivity contribution in [3.05, 3.63) is 15.6 Å². The number of aromatic nitrogens is 1. The monoisotopic (exact) mass is 274 g/mol. The van der Waals surface area contributed by atoms with Crippen molar-refractivity contribution < 1.29 is 4.74 Å². The maximum atomic E-state index is 5.20. The molecular weight excluding hydrogens is 252 g/mol. The fourth-order valence-corrected chi connectivity index (χ4v) is 3.14. The first-order valence-electron chi connectivity index (χ1n) is 5.89. The lowest BCUT2D eigenvalue weighted by Gasteiger charge is -2.10. The van der Waals surface area contributed by atoms with Crippen LogP contribution in [0, 0.1) is 0 Å². The molecule has 5 heteroatoms. The lowest BCUT2D eigenvalue weighted by atomic mass is 10.2. The molecule has 0 aliphatic carbocycles. The highest BCUT2D eigenvalue weighted by atomic mass is 32.2. The van der Waals surface area contributed by atoms with Crippen LogP contribution < -0.4 is 5.32 Å². The summed E-state index contributed by atoms with van der Waals surface area (Å²) in [7, 11) is 1.72. The summed E-state index contributed by atoms with van der Waals surface area (Å²) in [6, 6.07) is 0.552. The molecule has 1 aromatic heterocycles. The Bertz CT molecular complexity index is 328. The Balaban J connectivity index is 2.66. The Morgan fingerprint density at radius 2 is 2.29 bits per heavy atom. The molecule has 1 unspecified atom stereocenters. The number of hydrogen-bond donors (Lipinski definition) is 1. The maximum absolute atomic E-state index is 5.20. The van der Waals surface area contributed by atoms with Gasteiger partial charge in [-0.3, -0.25) is 0 Å². The minimum atomic E-state index is 0.552. The van der Waals surface area contributed by atoms with Gasteiger partial charge in [-0.15, -0.1) is 11.3 Å². The highest BCUT2D eigenvalue weighted by molar-refractivity contribution is 7.97. The van der Waals surface area contributed by atoms with Crippen molar-refractivity contribution in [1.29, 1.82) is 0 Å². The molecule has 1 aromatic rings. The summed E-state index contributed by atoms with van der Waals surface area (Å²) in [6.07, 6.45) is 3.25. The van der Waals surface area contributed by atoms with Crippen LogP contribution in [0.1, 0.15) is 35.8 Å².